The smallest absolute Gasteiger partial charge is 0.410 e. The van der Waals surface area contributed by atoms with Gasteiger partial charge in [-0.2, -0.15) is 0 Å². The van der Waals surface area contributed by atoms with Crippen molar-refractivity contribution in [1.82, 2.24) is 9.80 Å². The Morgan fingerprint density at radius 3 is 2.56 bits per heavy atom. The summed E-state index contributed by atoms with van der Waals surface area (Å²) < 4.78 is 22.7. The Balaban J connectivity index is 1.50. The second kappa shape index (κ2) is 8.60. The lowest BCUT2D eigenvalue weighted by Crippen LogP contribution is -2.52. The van der Waals surface area contributed by atoms with Gasteiger partial charge in [-0.25, -0.2) is 14.0 Å². The number of hydrogen-bond donors (Lipinski definition) is 0. The van der Waals surface area contributed by atoms with Crippen molar-refractivity contribution < 1.29 is 28.2 Å². The first-order valence-electron chi connectivity index (χ1n) is 8.68. The Bertz CT molecular complexity index is 706. The molecule has 3 rings (SSSR count). The highest BCUT2D eigenvalue weighted by Gasteiger charge is 2.44. The first-order valence-corrected chi connectivity index (χ1v) is 9.67. The van der Waals surface area contributed by atoms with E-state index in [-0.39, 0.29) is 30.1 Å². The third-order valence-electron chi connectivity index (χ3n) is 4.77. The maximum atomic E-state index is 12.9. The minimum absolute atomic E-state index is 0.00103. The van der Waals surface area contributed by atoms with Gasteiger partial charge in [0.05, 0.1) is 12.9 Å². The maximum Gasteiger partial charge on any atom is 0.410 e. The zero-order valence-electron chi connectivity index (χ0n) is 14.9. The number of halogens is 1. The molecule has 2 aliphatic rings. The molecule has 2 aliphatic heterocycles. The molecule has 0 saturated carbocycles. The number of hydrogen-bond acceptors (Lipinski definition) is 6. The number of carbonyl (C=O) groups excluding carboxylic acids is 3. The Kier molecular flexibility index (Phi) is 6.20. The van der Waals surface area contributed by atoms with Crippen LogP contribution in [0.25, 0.3) is 0 Å². The molecule has 1 aromatic rings. The van der Waals surface area contributed by atoms with Crippen molar-refractivity contribution >= 4 is 29.7 Å². The molecule has 1 atom stereocenters. The number of thioether (sulfide) groups is 1. The molecule has 0 aromatic heterocycles. The second-order valence-corrected chi connectivity index (χ2v) is 7.43. The number of piperidine rings is 1. The van der Waals surface area contributed by atoms with Crippen LogP contribution in [-0.4, -0.2) is 72.4 Å². The summed E-state index contributed by atoms with van der Waals surface area (Å²) >= 11 is 1.36. The number of methoxy groups -OCH3 is 1. The van der Waals surface area contributed by atoms with Crippen molar-refractivity contribution in [2.75, 3.05) is 32.6 Å². The molecule has 0 radical (unpaired) electrons. The molecular weight excluding hydrogens is 375 g/mol. The van der Waals surface area contributed by atoms with Gasteiger partial charge < -0.3 is 14.4 Å². The molecule has 146 valence electrons. The van der Waals surface area contributed by atoms with E-state index in [1.54, 1.807) is 17.0 Å². The molecule has 2 heterocycles. The highest BCUT2D eigenvalue weighted by atomic mass is 32.2. The van der Waals surface area contributed by atoms with Crippen LogP contribution in [-0.2, 0) is 19.1 Å². The van der Waals surface area contributed by atoms with Gasteiger partial charge in [0, 0.05) is 24.0 Å². The van der Waals surface area contributed by atoms with Crippen LogP contribution in [0.2, 0.25) is 0 Å². The van der Waals surface area contributed by atoms with Gasteiger partial charge in [-0.05, 0) is 37.1 Å². The molecule has 1 unspecified atom stereocenters. The van der Waals surface area contributed by atoms with Crippen LogP contribution >= 0.6 is 11.8 Å². The van der Waals surface area contributed by atoms with Crippen molar-refractivity contribution in [2.45, 2.75) is 29.8 Å². The predicted molar refractivity (Wildman–Crippen MR) is 95.7 cm³/mol. The van der Waals surface area contributed by atoms with Crippen molar-refractivity contribution in [2.24, 2.45) is 0 Å². The van der Waals surface area contributed by atoms with Gasteiger partial charge in [0.15, 0.2) is 6.04 Å². The van der Waals surface area contributed by atoms with Gasteiger partial charge in [-0.3, -0.25) is 9.69 Å². The van der Waals surface area contributed by atoms with Crippen LogP contribution in [0.1, 0.15) is 12.8 Å². The van der Waals surface area contributed by atoms with Gasteiger partial charge in [-0.15, -0.1) is 11.8 Å². The number of nitrogens with zero attached hydrogens (tertiary/aromatic N) is 2. The SMILES string of the molecule is COC(=O)C1COC(=O)N1C1CCN(C(=O)CSc2ccc(F)cc2)CC1. The molecule has 9 heteroatoms. The van der Waals surface area contributed by atoms with Gasteiger partial charge in [-0.1, -0.05) is 0 Å². The number of likely N-dealkylation sites (tertiary alicyclic amines) is 1. The molecule has 1 aromatic carbocycles. The lowest BCUT2D eigenvalue weighted by Gasteiger charge is -2.37. The highest BCUT2D eigenvalue weighted by Crippen LogP contribution is 2.25. The standard InChI is InChI=1S/C18H21FN2O5S/c1-25-17(23)15-10-26-18(24)21(15)13-6-8-20(9-7-13)16(22)11-27-14-4-2-12(19)3-5-14/h2-5,13,15H,6-11H2,1H3. The van der Waals surface area contributed by atoms with Crippen LogP contribution in [0, 0.1) is 5.82 Å². The van der Waals surface area contributed by atoms with Crippen LogP contribution in [0.15, 0.2) is 29.2 Å². The third-order valence-corrected chi connectivity index (χ3v) is 5.77. The Labute approximate surface area is 160 Å². The summed E-state index contributed by atoms with van der Waals surface area (Å²) in [6.45, 7) is 1.01. The predicted octanol–water partition coefficient (Wildman–Crippen LogP) is 1.90. The van der Waals surface area contributed by atoms with Gasteiger partial charge in [0.2, 0.25) is 5.91 Å². The lowest BCUT2D eigenvalue weighted by atomic mass is 10.0. The number of carbonyl (C=O) groups is 3. The van der Waals surface area contributed by atoms with E-state index in [4.69, 9.17) is 9.47 Å². The summed E-state index contributed by atoms with van der Waals surface area (Å²) in [7, 11) is 1.28. The summed E-state index contributed by atoms with van der Waals surface area (Å²) in [6, 6.07) is 5.15. The molecule has 0 aliphatic carbocycles. The van der Waals surface area contributed by atoms with Crippen molar-refractivity contribution in [3.05, 3.63) is 30.1 Å². The van der Waals surface area contributed by atoms with E-state index in [0.29, 0.717) is 25.9 Å². The normalized spacial score (nSPS) is 20.5. The largest absolute Gasteiger partial charge is 0.467 e. The van der Waals surface area contributed by atoms with Gasteiger partial charge in [0.25, 0.3) is 0 Å². The Morgan fingerprint density at radius 2 is 1.93 bits per heavy atom. The fourth-order valence-corrected chi connectivity index (χ4v) is 4.12. The van der Waals surface area contributed by atoms with Crippen LogP contribution in [0.4, 0.5) is 9.18 Å². The van der Waals surface area contributed by atoms with E-state index in [1.165, 1.54) is 35.9 Å². The highest BCUT2D eigenvalue weighted by molar-refractivity contribution is 8.00. The average molecular weight is 396 g/mol. The number of ether oxygens (including phenoxy) is 2. The number of esters is 1. The molecule has 0 bridgehead atoms. The fraction of sp³-hybridized carbons (Fsp3) is 0.500. The zero-order chi connectivity index (χ0) is 19.4. The van der Waals surface area contributed by atoms with Crippen molar-refractivity contribution in [3.8, 4) is 0 Å². The monoisotopic (exact) mass is 396 g/mol. The zero-order valence-corrected chi connectivity index (χ0v) is 15.7. The van der Waals surface area contributed by atoms with E-state index in [0.717, 1.165) is 4.90 Å². The first-order chi connectivity index (χ1) is 13.0. The van der Waals surface area contributed by atoms with E-state index in [9.17, 15) is 18.8 Å². The number of benzene rings is 1. The van der Waals surface area contributed by atoms with Crippen LogP contribution in [0.5, 0.6) is 0 Å². The van der Waals surface area contributed by atoms with Crippen LogP contribution in [0.3, 0.4) is 0 Å². The van der Waals surface area contributed by atoms with E-state index in [2.05, 4.69) is 0 Å². The second-order valence-electron chi connectivity index (χ2n) is 6.38. The summed E-state index contributed by atoms with van der Waals surface area (Å²) in [6.07, 6.45) is 0.646. The number of rotatable bonds is 5. The molecule has 27 heavy (non-hydrogen) atoms. The van der Waals surface area contributed by atoms with E-state index in [1.807, 2.05) is 0 Å². The summed E-state index contributed by atoms with van der Waals surface area (Å²) in [5.74, 6) is -0.530. The van der Waals surface area contributed by atoms with Gasteiger partial charge >= 0.3 is 12.1 Å². The topological polar surface area (TPSA) is 76.2 Å². The Morgan fingerprint density at radius 1 is 1.26 bits per heavy atom. The van der Waals surface area contributed by atoms with Crippen LogP contribution < -0.4 is 0 Å². The lowest BCUT2D eigenvalue weighted by molar-refractivity contribution is -0.146. The molecular formula is C18H21FN2O5S. The molecule has 2 saturated heterocycles. The minimum Gasteiger partial charge on any atom is -0.467 e. The number of amides is 2. The summed E-state index contributed by atoms with van der Waals surface area (Å²) in [5, 5.41) is 0. The molecule has 2 amide bonds. The maximum absolute atomic E-state index is 12.9. The van der Waals surface area contributed by atoms with Gasteiger partial charge in [0.1, 0.15) is 12.4 Å². The fourth-order valence-electron chi connectivity index (χ4n) is 3.31. The third kappa shape index (κ3) is 4.52. The molecule has 0 spiro atoms. The molecule has 7 nitrogen and oxygen atoms in total. The quantitative estimate of drug-likeness (QED) is 0.559. The Hall–Kier alpha value is -2.29. The number of cyclic esters (lactones) is 1. The molecule has 2 fully saturated rings. The van der Waals surface area contributed by atoms with E-state index >= 15 is 0 Å². The summed E-state index contributed by atoms with van der Waals surface area (Å²) in [4.78, 5) is 40.3. The summed E-state index contributed by atoms with van der Waals surface area (Å²) in [5.41, 5.74) is 0. The average Bonchev–Trinajstić information content (AvgIpc) is 3.08. The van der Waals surface area contributed by atoms with Crippen molar-refractivity contribution in [3.63, 3.8) is 0 Å². The van der Waals surface area contributed by atoms with Crippen molar-refractivity contribution in [1.29, 1.82) is 0 Å². The minimum atomic E-state index is -0.719. The first kappa shape index (κ1) is 19.5. The molecule has 0 N–H and O–H groups in total. The van der Waals surface area contributed by atoms with E-state index < -0.39 is 18.1 Å².